The number of halogens is 3. The minimum absolute atomic E-state index is 0.0490. The van der Waals surface area contributed by atoms with Gasteiger partial charge in [0.1, 0.15) is 0 Å². The van der Waals surface area contributed by atoms with Gasteiger partial charge in [-0.1, -0.05) is 50.4 Å². The summed E-state index contributed by atoms with van der Waals surface area (Å²) in [5, 5.41) is 8.49. The smallest absolute Gasteiger partial charge is 0.241 e. The number of aromatic nitrogens is 2. The van der Waals surface area contributed by atoms with Crippen molar-refractivity contribution < 1.29 is 9.32 Å². The Morgan fingerprint density at radius 1 is 1.18 bits per heavy atom. The van der Waals surface area contributed by atoms with Gasteiger partial charge in [-0.25, -0.2) is 0 Å². The highest BCUT2D eigenvalue weighted by atomic mass is 79.9. The van der Waals surface area contributed by atoms with E-state index in [1.807, 2.05) is 36.4 Å². The molecule has 1 fully saturated rings. The number of thioether (sulfide) groups is 1. The summed E-state index contributed by atoms with van der Waals surface area (Å²) in [6.07, 6.45) is 1.65. The van der Waals surface area contributed by atoms with Gasteiger partial charge in [-0.05, 0) is 67.9 Å². The molecule has 1 aliphatic rings. The van der Waals surface area contributed by atoms with Crippen molar-refractivity contribution in [2.24, 2.45) is 5.92 Å². The van der Waals surface area contributed by atoms with Gasteiger partial charge >= 0.3 is 0 Å². The van der Waals surface area contributed by atoms with Crippen molar-refractivity contribution >= 4 is 56.8 Å². The molecule has 1 amide bonds. The third-order valence-electron chi connectivity index (χ3n) is 5.71. The number of hydrogen-bond donors (Lipinski definition) is 1. The Hall–Kier alpha value is -1.58. The summed E-state index contributed by atoms with van der Waals surface area (Å²) in [6.45, 7) is 2.91. The van der Waals surface area contributed by atoms with E-state index in [0.29, 0.717) is 34.8 Å². The first-order chi connectivity index (χ1) is 16.5. The lowest BCUT2D eigenvalue weighted by Crippen LogP contribution is -2.40. The van der Waals surface area contributed by atoms with E-state index in [-0.39, 0.29) is 11.8 Å². The fraction of sp³-hybridized carbons (Fsp3) is 0.375. The number of rotatable bonds is 9. The Morgan fingerprint density at radius 3 is 2.68 bits per heavy atom. The number of benzene rings is 2. The zero-order chi connectivity index (χ0) is 23.9. The van der Waals surface area contributed by atoms with E-state index in [0.717, 1.165) is 53.0 Å². The molecule has 6 nitrogen and oxygen atoms in total. The van der Waals surface area contributed by atoms with Crippen molar-refractivity contribution in [3.05, 3.63) is 68.4 Å². The molecule has 4 rings (SSSR count). The predicted octanol–water partition coefficient (Wildman–Crippen LogP) is 6.07. The van der Waals surface area contributed by atoms with Gasteiger partial charge in [-0.2, -0.15) is 16.7 Å². The number of carbonyl (C=O) groups is 1. The first kappa shape index (κ1) is 25.5. The normalized spacial score (nSPS) is 14.9. The van der Waals surface area contributed by atoms with Crippen molar-refractivity contribution in [2.75, 3.05) is 25.4 Å². The van der Waals surface area contributed by atoms with E-state index in [4.69, 9.17) is 27.7 Å². The summed E-state index contributed by atoms with van der Waals surface area (Å²) >= 11 is 17.3. The van der Waals surface area contributed by atoms with Gasteiger partial charge in [-0.15, -0.1) is 0 Å². The summed E-state index contributed by atoms with van der Waals surface area (Å²) in [6, 6.07) is 13.4. The lowest BCUT2D eigenvalue weighted by Gasteiger charge is -2.30. The van der Waals surface area contributed by atoms with Gasteiger partial charge < -0.3 is 9.84 Å². The van der Waals surface area contributed by atoms with Gasteiger partial charge in [0, 0.05) is 44.0 Å². The number of piperidine rings is 1. The van der Waals surface area contributed by atoms with E-state index >= 15 is 0 Å². The zero-order valence-corrected chi connectivity index (χ0v) is 22.4. The molecule has 10 heteroatoms. The molecule has 2 aromatic carbocycles. The van der Waals surface area contributed by atoms with Crippen LogP contribution in [0, 0.1) is 5.92 Å². The van der Waals surface area contributed by atoms with Crippen LogP contribution in [-0.2, 0) is 17.1 Å². The third-order valence-corrected chi connectivity index (χ3v) is 7.83. The zero-order valence-electron chi connectivity index (χ0n) is 18.5. The number of hydrogen-bond acceptors (Lipinski definition) is 6. The van der Waals surface area contributed by atoms with E-state index in [2.05, 4.69) is 36.3 Å². The second-order valence-electron chi connectivity index (χ2n) is 8.15. The Bertz CT molecular complexity index is 1100. The lowest BCUT2D eigenvalue weighted by atomic mass is 9.96. The first-order valence-corrected chi connectivity index (χ1v) is 13.8. The van der Waals surface area contributed by atoms with Crippen LogP contribution in [0.2, 0.25) is 10.0 Å². The van der Waals surface area contributed by atoms with E-state index < -0.39 is 0 Å². The van der Waals surface area contributed by atoms with E-state index in [1.54, 1.807) is 17.8 Å². The molecule has 0 unspecified atom stereocenters. The molecule has 0 atom stereocenters. The van der Waals surface area contributed by atoms with Crippen LogP contribution in [0.15, 0.2) is 51.5 Å². The quantitative estimate of drug-likeness (QED) is 0.308. The molecule has 1 aromatic heterocycles. The van der Waals surface area contributed by atoms with E-state index in [1.165, 1.54) is 0 Å². The summed E-state index contributed by atoms with van der Waals surface area (Å²) in [7, 11) is 0. The van der Waals surface area contributed by atoms with Crippen LogP contribution in [0.5, 0.6) is 0 Å². The highest BCUT2D eigenvalue weighted by Crippen LogP contribution is 2.25. The molecular formula is C24H25BrCl2N4O2S. The topological polar surface area (TPSA) is 71.3 Å². The van der Waals surface area contributed by atoms with Crippen molar-refractivity contribution in [1.82, 2.24) is 20.4 Å². The summed E-state index contributed by atoms with van der Waals surface area (Å²) in [5.41, 5.74) is 1.97. The fourth-order valence-electron chi connectivity index (χ4n) is 3.79. The Labute approximate surface area is 221 Å². The van der Waals surface area contributed by atoms with Gasteiger partial charge in [0.2, 0.25) is 17.6 Å². The molecule has 2 heterocycles. The molecule has 0 aliphatic carbocycles. The Kier molecular flexibility index (Phi) is 9.31. The maximum atomic E-state index is 12.6. The van der Waals surface area contributed by atoms with Crippen molar-refractivity contribution in [1.29, 1.82) is 0 Å². The molecular weight excluding hydrogens is 559 g/mol. The Morgan fingerprint density at radius 2 is 1.94 bits per heavy atom. The predicted molar refractivity (Wildman–Crippen MR) is 141 cm³/mol. The van der Waals surface area contributed by atoms with Gasteiger partial charge in [0.25, 0.3) is 0 Å². The van der Waals surface area contributed by atoms with Crippen molar-refractivity contribution in [3.63, 3.8) is 0 Å². The maximum absolute atomic E-state index is 12.6. The van der Waals surface area contributed by atoms with Gasteiger partial charge in [0.15, 0.2) is 0 Å². The van der Waals surface area contributed by atoms with Crippen molar-refractivity contribution in [3.8, 4) is 11.4 Å². The van der Waals surface area contributed by atoms with Gasteiger partial charge in [-0.3, -0.25) is 9.69 Å². The fourth-order valence-corrected chi connectivity index (χ4v) is 5.47. The molecule has 3 aromatic rings. The second-order valence-corrected chi connectivity index (χ2v) is 11.0. The maximum Gasteiger partial charge on any atom is 0.241 e. The number of nitrogens with one attached hydrogen (secondary N) is 1. The van der Waals surface area contributed by atoms with Crippen LogP contribution in [0.25, 0.3) is 11.4 Å². The number of likely N-dealkylation sites (tertiary alicyclic amines) is 1. The van der Waals surface area contributed by atoms with Crippen LogP contribution < -0.4 is 5.32 Å². The molecule has 1 saturated heterocycles. The summed E-state index contributed by atoms with van der Waals surface area (Å²) in [5.74, 6) is 3.00. The highest BCUT2D eigenvalue weighted by molar-refractivity contribution is 9.10. The average molecular weight is 584 g/mol. The first-order valence-electron chi connectivity index (χ1n) is 11.1. The highest BCUT2D eigenvalue weighted by Gasteiger charge is 2.25. The Balaban J connectivity index is 1.14. The van der Waals surface area contributed by atoms with Crippen LogP contribution in [0.4, 0.5) is 0 Å². The minimum atomic E-state index is 0.0490. The minimum Gasteiger partial charge on any atom is -0.355 e. The van der Waals surface area contributed by atoms with Crippen LogP contribution in [0.3, 0.4) is 0 Å². The van der Waals surface area contributed by atoms with Crippen molar-refractivity contribution in [2.45, 2.75) is 25.1 Å². The molecule has 1 N–H and O–H groups in total. The largest absolute Gasteiger partial charge is 0.355 e. The summed E-state index contributed by atoms with van der Waals surface area (Å²) < 4.78 is 6.44. The number of carbonyl (C=O) groups excluding carboxylic acids is 1. The SMILES string of the molecule is O=C(NCCSCc1ccc(Cl)cc1Cl)C1CCN(Cc2nc(-c3ccc(Br)cc3)no2)CC1. The van der Waals surface area contributed by atoms with Gasteiger partial charge in [0.05, 0.1) is 6.54 Å². The molecule has 1 aliphatic heterocycles. The second kappa shape index (κ2) is 12.4. The van der Waals surface area contributed by atoms with Crippen LogP contribution >= 0.6 is 50.9 Å². The molecule has 0 spiro atoms. The monoisotopic (exact) mass is 582 g/mol. The molecule has 34 heavy (non-hydrogen) atoms. The van der Waals surface area contributed by atoms with Crippen LogP contribution in [0.1, 0.15) is 24.3 Å². The molecule has 0 radical (unpaired) electrons. The van der Waals surface area contributed by atoms with Crippen LogP contribution in [-0.4, -0.2) is 46.3 Å². The van der Waals surface area contributed by atoms with E-state index in [9.17, 15) is 4.79 Å². The molecule has 0 saturated carbocycles. The molecule has 180 valence electrons. The summed E-state index contributed by atoms with van der Waals surface area (Å²) in [4.78, 5) is 19.3. The third kappa shape index (κ3) is 7.21. The lowest BCUT2D eigenvalue weighted by molar-refractivity contribution is -0.126. The molecule has 0 bridgehead atoms. The standard InChI is InChI=1S/C24H25BrCl2N4O2S/c25-19-4-1-16(2-5-19)23-29-22(33-30-23)14-31-10-7-17(8-11-31)24(32)28-9-12-34-15-18-3-6-20(26)13-21(18)27/h1-6,13,17H,7-12,14-15H2,(H,28,32). The number of nitrogens with zero attached hydrogens (tertiary/aromatic N) is 3. The number of amides is 1. The average Bonchev–Trinajstić information content (AvgIpc) is 3.29.